The van der Waals surface area contributed by atoms with Crippen LogP contribution in [-0.4, -0.2) is 69.1 Å². The predicted molar refractivity (Wildman–Crippen MR) is 154 cm³/mol. The lowest BCUT2D eigenvalue weighted by atomic mass is 9.84. The molecule has 1 saturated heterocycles. The van der Waals surface area contributed by atoms with Crippen LogP contribution in [0.4, 0.5) is 5.69 Å². The van der Waals surface area contributed by atoms with E-state index in [-0.39, 0.29) is 23.1 Å². The molecule has 3 aromatic carbocycles. The number of rotatable bonds is 10. The topological polar surface area (TPSA) is 120 Å². The van der Waals surface area contributed by atoms with Crippen molar-refractivity contribution in [1.82, 2.24) is 4.90 Å². The van der Waals surface area contributed by atoms with Crippen molar-refractivity contribution in [2.24, 2.45) is 5.73 Å². The fourth-order valence-corrected chi connectivity index (χ4v) is 4.74. The summed E-state index contributed by atoms with van der Waals surface area (Å²) < 4.78 is 16.8. The number of morpholine rings is 1. The van der Waals surface area contributed by atoms with E-state index in [1.807, 2.05) is 39.0 Å². The highest BCUT2D eigenvalue weighted by molar-refractivity contribution is 6.48. The monoisotopic (exact) mass is 547 g/mol. The van der Waals surface area contributed by atoms with Gasteiger partial charge in [-0.3, -0.25) is 19.3 Å². The highest BCUT2D eigenvalue weighted by Gasteiger charge is 2.25. The van der Waals surface area contributed by atoms with Gasteiger partial charge in [0.15, 0.2) is 0 Å². The van der Waals surface area contributed by atoms with Crippen molar-refractivity contribution in [2.45, 2.75) is 32.8 Å². The quantitative estimate of drug-likeness (QED) is 0.292. The van der Waals surface area contributed by atoms with Gasteiger partial charge < -0.3 is 25.3 Å². The van der Waals surface area contributed by atoms with E-state index >= 15 is 0 Å². The van der Waals surface area contributed by atoms with Gasteiger partial charge in [-0.05, 0) is 40.6 Å². The zero-order valence-electron chi connectivity index (χ0n) is 23.5. The Kier molecular flexibility index (Phi) is 9.19. The molecular formula is C31H37N3O6. The van der Waals surface area contributed by atoms with E-state index in [2.05, 4.69) is 10.2 Å². The Morgan fingerprint density at radius 3 is 2.35 bits per heavy atom. The van der Waals surface area contributed by atoms with Crippen LogP contribution in [0, 0.1) is 0 Å². The van der Waals surface area contributed by atoms with Gasteiger partial charge in [0.05, 0.1) is 19.8 Å². The summed E-state index contributed by atoms with van der Waals surface area (Å²) in [6, 6.07) is 14.2. The number of hydrogen-bond donors (Lipinski definition) is 2. The van der Waals surface area contributed by atoms with Crippen LogP contribution in [0.2, 0.25) is 0 Å². The van der Waals surface area contributed by atoms with Gasteiger partial charge in [0.2, 0.25) is 5.91 Å². The largest absolute Gasteiger partial charge is 0.492 e. The number of hydrogen-bond acceptors (Lipinski definition) is 7. The summed E-state index contributed by atoms with van der Waals surface area (Å²) in [7, 11) is 1.48. The normalized spacial score (nSPS) is 14.2. The zero-order chi connectivity index (χ0) is 28.9. The van der Waals surface area contributed by atoms with Crippen LogP contribution >= 0.6 is 0 Å². The van der Waals surface area contributed by atoms with Crippen molar-refractivity contribution >= 4 is 34.1 Å². The summed E-state index contributed by atoms with van der Waals surface area (Å²) in [4.78, 5) is 41.4. The molecule has 9 heteroatoms. The maximum absolute atomic E-state index is 13.5. The number of nitrogens with one attached hydrogen (secondary N) is 1. The SMILES string of the molecule is COCc1c(NC(=O)C(=O)c2ccc(OCCN3CCOCC3)c3ccccc23)cc(C(C)(C)C)cc1C(N)=O. The van der Waals surface area contributed by atoms with Crippen LogP contribution in [0.1, 0.15) is 52.6 Å². The van der Waals surface area contributed by atoms with E-state index < -0.39 is 17.6 Å². The number of primary amides is 1. The third kappa shape index (κ3) is 6.67. The zero-order valence-corrected chi connectivity index (χ0v) is 23.5. The van der Waals surface area contributed by atoms with Crippen molar-refractivity contribution in [3.8, 4) is 5.75 Å². The molecule has 0 bridgehead atoms. The Balaban J connectivity index is 1.60. The molecule has 9 nitrogen and oxygen atoms in total. The molecule has 0 atom stereocenters. The Bertz CT molecular complexity index is 1410. The maximum atomic E-state index is 13.5. The second kappa shape index (κ2) is 12.6. The van der Waals surface area contributed by atoms with Crippen molar-refractivity contribution in [2.75, 3.05) is 51.9 Å². The van der Waals surface area contributed by atoms with E-state index in [0.29, 0.717) is 29.0 Å². The average molecular weight is 548 g/mol. The summed E-state index contributed by atoms with van der Waals surface area (Å²) in [6.45, 7) is 10.4. The smallest absolute Gasteiger partial charge is 0.296 e. The molecular weight excluding hydrogens is 510 g/mol. The number of methoxy groups -OCH3 is 1. The third-order valence-corrected chi connectivity index (χ3v) is 7.02. The first-order chi connectivity index (χ1) is 19.1. The van der Waals surface area contributed by atoms with Crippen LogP contribution in [-0.2, 0) is 26.3 Å². The number of carbonyl (C=O) groups excluding carboxylic acids is 3. The first kappa shape index (κ1) is 29.2. The predicted octanol–water partition coefficient (Wildman–Crippen LogP) is 3.92. The molecule has 0 radical (unpaired) electrons. The molecule has 1 fully saturated rings. The maximum Gasteiger partial charge on any atom is 0.296 e. The van der Waals surface area contributed by atoms with Crippen LogP contribution in [0.15, 0.2) is 48.5 Å². The molecule has 0 unspecified atom stereocenters. The van der Waals surface area contributed by atoms with Crippen LogP contribution in [0.25, 0.3) is 10.8 Å². The molecule has 1 aliphatic rings. The summed E-state index contributed by atoms with van der Waals surface area (Å²) >= 11 is 0. The lowest BCUT2D eigenvalue weighted by Crippen LogP contribution is -2.38. The average Bonchev–Trinajstić information content (AvgIpc) is 2.93. The molecule has 0 saturated carbocycles. The van der Waals surface area contributed by atoms with E-state index in [0.717, 1.165) is 43.8 Å². The Labute approximate surface area is 234 Å². The molecule has 0 spiro atoms. The molecule has 3 aromatic rings. The number of anilines is 1. The minimum atomic E-state index is -0.829. The molecule has 2 amide bonds. The van der Waals surface area contributed by atoms with Crippen LogP contribution in [0.5, 0.6) is 5.75 Å². The van der Waals surface area contributed by atoms with Crippen molar-refractivity contribution < 1.29 is 28.6 Å². The van der Waals surface area contributed by atoms with Gasteiger partial charge in [0.25, 0.3) is 11.7 Å². The molecule has 3 N–H and O–H groups in total. The minimum absolute atomic E-state index is 0.0337. The second-order valence-corrected chi connectivity index (χ2v) is 10.8. The number of amides is 2. The number of carbonyl (C=O) groups is 3. The molecule has 0 aliphatic carbocycles. The lowest BCUT2D eigenvalue weighted by molar-refractivity contribution is -0.112. The number of nitrogens with two attached hydrogens (primary N) is 1. The molecule has 1 heterocycles. The van der Waals surface area contributed by atoms with E-state index in [1.165, 1.54) is 7.11 Å². The highest BCUT2D eigenvalue weighted by Crippen LogP contribution is 2.32. The molecule has 0 aromatic heterocycles. The van der Waals surface area contributed by atoms with Gasteiger partial charge in [0.1, 0.15) is 12.4 Å². The van der Waals surface area contributed by atoms with Gasteiger partial charge in [-0.2, -0.15) is 0 Å². The van der Waals surface area contributed by atoms with Crippen LogP contribution < -0.4 is 15.8 Å². The van der Waals surface area contributed by atoms with E-state index in [4.69, 9.17) is 19.9 Å². The first-order valence-electron chi connectivity index (χ1n) is 13.4. The van der Waals surface area contributed by atoms with Crippen LogP contribution in [0.3, 0.4) is 0 Å². The number of fused-ring (bicyclic) bond motifs is 1. The Hall–Kier alpha value is -3.79. The lowest BCUT2D eigenvalue weighted by Gasteiger charge is -2.26. The number of Topliss-reactive ketones (excluding diaryl/α,β-unsaturated/α-hetero) is 1. The number of benzene rings is 3. The summed E-state index contributed by atoms with van der Waals surface area (Å²) in [5, 5.41) is 4.09. The van der Waals surface area contributed by atoms with Gasteiger partial charge in [-0.1, -0.05) is 45.0 Å². The second-order valence-electron chi connectivity index (χ2n) is 10.8. The summed E-state index contributed by atoms with van der Waals surface area (Å²) in [5.74, 6) is -1.53. The first-order valence-corrected chi connectivity index (χ1v) is 13.4. The third-order valence-electron chi connectivity index (χ3n) is 7.02. The molecule has 40 heavy (non-hydrogen) atoms. The molecule has 212 valence electrons. The van der Waals surface area contributed by atoms with E-state index in [9.17, 15) is 14.4 Å². The van der Waals surface area contributed by atoms with Gasteiger partial charge >= 0.3 is 0 Å². The van der Waals surface area contributed by atoms with Gasteiger partial charge in [-0.25, -0.2) is 0 Å². The standard InChI is InChI=1S/C31H37N3O6/c1-31(2,3)20-17-24(29(32)36)25(19-38-4)26(18-20)33-30(37)28(35)23-9-10-27(22-8-6-5-7-21(22)23)40-16-13-34-11-14-39-15-12-34/h5-10,17-18H,11-16,19H2,1-4H3,(H2,32,36)(H,33,37). The van der Waals surface area contributed by atoms with E-state index in [1.54, 1.807) is 30.3 Å². The van der Waals surface area contributed by atoms with Crippen molar-refractivity contribution in [3.63, 3.8) is 0 Å². The molecule has 4 rings (SSSR count). The van der Waals surface area contributed by atoms with Crippen molar-refractivity contribution in [3.05, 3.63) is 70.8 Å². The minimum Gasteiger partial charge on any atom is -0.492 e. The summed E-state index contributed by atoms with van der Waals surface area (Å²) in [6.07, 6.45) is 0. The Morgan fingerprint density at radius 2 is 1.70 bits per heavy atom. The number of nitrogens with zero attached hydrogens (tertiary/aromatic N) is 1. The van der Waals surface area contributed by atoms with Gasteiger partial charge in [-0.15, -0.1) is 0 Å². The fraction of sp³-hybridized carbons (Fsp3) is 0.387. The Morgan fingerprint density at radius 1 is 1.00 bits per heavy atom. The summed E-state index contributed by atoms with van der Waals surface area (Å²) in [5.41, 5.74) is 7.33. The highest BCUT2D eigenvalue weighted by atomic mass is 16.5. The fourth-order valence-electron chi connectivity index (χ4n) is 4.74. The molecule has 1 aliphatic heterocycles. The number of ketones is 1. The van der Waals surface area contributed by atoms with Crippen molar-refractivity contribution in [1.29, 1.82) is 0 Å². The van der Waals surface area contributed by atoms with Gasteiger partial charge in [0, 0.05) is 54.5 Å². The number of ether oxygens (including phenoxy) is 3.